The van der Waals surface area contributed by atoms with Crippen LogP contribution in [-0.2, 0) is 0 Å². The fourth-order valence-corrected chi connectivity index (χ4v) is 2.78. The Balaban J connectivity index is 2.36. The van der Waals surface area contributed by atoms with Crippen LogP contribution in [0.1, 0.15) is 0 Å². The summed E-state index contributed by atoms with van der Waals surface area (Å²) in [4.78, 5) is 21.5. The van der Waals surface area contributed by atoms with Gasteiger partial charge in [0.1, 0.15) is 0 Å². The quantitative estimate of drug-likeness (QED) is 0.482. The number of pyridine rings is 1. The minimum atomic E-state index is -0.244. The van der Waals surface area contributed by atoms with E-state index in [0.717, 1.165) is 27.3 Å². The van der Waals surface area contributed by atoms with E-state index in [1.165, 1.54) is 0 Å². The van der Waals surface area contributed by atoms with Gasteiger partial charge in [-0.3, -0.25) is 0 Å². The molecule has 19 heavy (non-hydrogen) atoms. The van der Waals surface area contributed by atoms with Crippen LogP contribution in [0.15, 0.2) is 41.2 Å². The lowest BCUT2D eigenvalue weighted by molar-refractivity contribution is 1.22. The molecule has 0 saturated carbocycles. The van der Waals surface area contributed by atoms with Crippen molar-refractivity contribution in [2.75, 3.05) is 0 Å². The summed E-state index contributed by atoms with van der Waals surface area (Å²) in [6.45, 7) is 0. The topological polar surface area (TPSA) is 61.5 Å². The van der Waals surface area contributed by atoms with Crippen LogP contribution >= 0.6 is 11.6 Å². The van der Waals surface area contributed by atoms with Crippen LogP contribution in [-0.4, -0.2) is 15.0 Å². The van der Waals surface area contributed by atoms with E-state index >= 15 is 0 Å². The molecule has 0 spiro atoms. The maximum atomic E-state index is 11.4. The minimum Gasteiger partial charge on any atom is -0.306 e. The van der Waals surface area contributed by atoms with Crippen molar-refractivity contribution in [2.24, 2.45) is 0 Å². The molecule has 2 aromatic carbocycles. The van der Waals surface area contributed by atoms with Crippen LogP contribution < -0.4 is 5.69 Å². The Morgan fingerprint density at radius 1 is 1.00 bits per heavy atom. The van der Waals surface area contributed by atoms with E-state index in [-0.39, 0.29) is 5.69 Å². The molecule has 2 aromatic heterocycles. The summed E-state index contributed by atoms with van der Waals surface area (Å²) in [6, 6.07) is 11.4. The molecule has 0 bridgehead atoms. The first-order chi connectivity index (χ1) is 9.24. The molecule has 0 saturated heterocycles. The molecule has 0 unspecified atom stereocenters. The molecule has 2 N–H and O–H groups in total. The van der Waals surface area contributed by atoms with E-state index in [4.69, 9.17) is 11.6 Å². The Labute approximate surface area is 112 Å². The zero-order valence-corrected chi connectivity index (χ0v) is 10.5. The predicted octanol–water partition coefficient (Wildman–Crippen LogP) is 3.21. The van der Waals surface area contributed by atoms with Crippen LogP contribution in [0, 0.1) is 0 Å². The predicted molar refractivity (Wildman–Crippen MR) is 76.7 cm³/mol. The number of imidazole rings is 1. The van der Waals surface area contributed by atoms with Gasteiger partial charge in [0.2, 0.25) is 0 Å². The van der Waals surface area contributed by atoms with Crippen molar-refractivity contribution in [3.8, 4) is 0 Å². The third-order valence-electron chi connectivity index (χ3n) is 3.27. The first-order valence-electron chi connectivity index (χ1n) is 5.83. The summed E-state index contributed by atoms with van der Waals surface area (Å²) < 4.78 is 0. The highest BCUT2D eigenvalue weighted by Crippen LogP contribution is 2.33. The molecule has 0 fully saturated rings. The lowest BCUT2D eigenvalue weighted by Gasteiger charge is -2.05. The zero-order chi connectivity index (χ0) is 13.0. The lowest BCUT2D eigenvalue weighted by Crippen LogP contribution is -1.99. The molecule has 92 valence electrons. The van der Waals surface area contributed by atoms with Gasteiger partial charge in [0.05, 0.1) is 27.1 Å². The average Bonchev–Trinajstić information content (AvgIpc) is 2.79. The second-order valence-corrected chi connectivity index (χ2v) is 4.78. The number of H-pyrrole nitrogens is 2. The summed E-state index contributed by atoms with van der Waals surface area (Å²) in [5.41, 5.74) is 2.80. The molecule has 0 amide bonds. The lowest BCUT2D eigenvalue weighted by atomic mass is 10.1. The largest absolute Gasteiger partial charge is 0.323 e. The Morgan fingerprint density at radius 3 is 2.74 bits per heavy atom. The summed E-state index contributed by atoms with van der Waals surface area (Å²) in [5, 5.41) is 2.27. The summed E-state index contributed by atoms with van der Waals surface area (Å²) in [7, 11) is 0. The van der Waals surface area contributed by atoms with Gasteiger partial charge in [-0.25, -0.2) is 9.78 Å². The van der Waals surface area contributed by atoms with Crippen molar-refractivity contribution in [3.63, 3.8) is 0 Å². The Morgan fingerprint density at radius 2 is 1.84 bits per heavy atom. The van der Waals surface area contributed by atoms with Gasteiger partial charge in [-0.1, -0.05) is 29.8 Å². The highest BCUT2D eigenvalue weighted by molar-refractivity contribution is 6.42. The first kappa shape index (κ1) is 10.6. The Bertz CT molecular complexity index is 1000. The van der Waals surface area contributed by atoms with E-state index in [2.05, 4.69) is 15.0 Å². The number of halogens is 1. The van der Waals surface area contributed by atoms with Crippen LogP contribution in [0.4, 0.5) is 0 Å². The van der Waals surface area contributed by atoms with Crippen molar-refractivity contribution in [3.05, 3.63) is 51.9 Å². The molecular weight excluding hydrogens is 262 g/mol. The van der Waals surface area contributed by atoms with Crippen LogP contribution in [0.25, 0.3) is 32.8 Å². The fraction of sp³-hybridized carbons (Fsp3) is 0. The number of para-hydroxylation sites is 1. The van der Waals surface area contributed by atoms with Crippen LogP contribution in [0.2, 0.25) is 5.02 Å². The molecule has 4 nitrogen and oxygen atoms in total. The van der Waals surface area contributed by atoms with E-state index in [1.807, 2.05) is 36.4 Å². The van der Waals surface area contributed by atoms with Crippen LogP contribution in [0.3, 0.4) is 0 Å². The van der Waals surface area contributed by atoms with Crippen molar-refractivity contribution >= 4 is 44.4 Å². The van der Waals surface area contributed by atoms with Crippen LogP contribution in [0.5, 0.6) is 0 Å². The molecule has 0 aliphatic carbocycles. The van der Waals surface area contributed by atoms with Gasteiger partial charge in [0.15, 0.2) is 0 Å². The summed E-state index contributed by atoms with van der Waals surface area (Å²) in [5.74, 6) is 0. The number of aromatic amines is 2. The minimum absolute atomic E-state index is 0.244. The molecule has 2 heterocycles. The number of nitrogens with one attached hydrogen (secondary N) is 2. The second kappa shape index (κ2) is 3.59. The van der Waals surface area contributed by atoms with Crippen molar-refractivity contribution < 1.29 is 0 Å². The molecular formula is C14H8ClN3O. The highest BCUT2D eigenvalue weighted by Gasteiger charge is 2.11. The summed E-state index contributed by atoms with van der Waals surface area (Å²) in [6.07, 6.45) is 0. The fourth-order valence-electron chi connectivity index (χ4n) is 2.43. The molecule has 5 heteroatoms. The van der Waals surface area contributed by atoms with E-state index in [9.17, 15) is 4.79 Å². The van der Waals surface area contributed by atoms with Crippen molar-refractivity contribution in [2.45, 2.75) is 0 Å². The van der Waals surface area contributed by atoms with Crippen molar-refractivity contribution in [1.29, 1.82) is 0 Å². The number of rotatable bonds is 0. The van der Waals surface area contributed by atoms with E-state index in [1.54, 1.807) is 0 Å². The number of hydrogen-bond donors (Lipinski definition) is 2. The van der Waals surface area contributed by atoms with Gasteiger partial charge in [0, 0.05) is 10.8 Å². The Kier molecular flexibility index (Phi) is 2.00. The smallest absolute Gasteiger partial charge is 0.306 e. The van der Waals surface area contributed by atoms with Gasteiger partial charge in [0.25, 0.3) is 0 Å². The van der Waals surface area contributed by atoms with Gasteiger partial charge >= 0.3 is 5.69 Å². The molecule has 0 radical (unpaired) electrons. The highest BCUT2D eigenvalue weighted by atomic mass is 35.5. The van der Waals surface area contributed by atoms with Gasteiger partial charge in [-0.05, 0) is 18.2 Å². The van der Waals surface area contributed by atoms with E-state index in [0.29, 0.717) is 10.5 Å². The SMILES string of the molecule is O=c1[nH]c2ccc3nc4ccccc4c(Cl)c3c2[nH]1. The van der Waals surface area contributed by atoms with Gasteiger partial charge in [-0.2, -0.15) is 0 Å². The third kappa shape index (κ3) is 1.40. The summed E-state index contributed by atoms with van der Waals surface area (Å²) >= 11 is 6.49. The van der Waals surface area contributed by atoms with Gasteiger partial charge in [-0.15, -0.1) is 0 Å². The maximum Gasteiger partial charge on any atom is 0.323 e. The molecule has 0 aliphatic heterocycles. The Hall–Kier alpha value is -2.33. The number of benzene rings is 2. The number of hydrogen-bond acceptors (Lipinski definition) is 2. The number of aromatic nitrogens is 3. The molecule has 0 atom stereocenters. The normalized spacial score (nSPS) is 11.6. The molecule has 4 rings (SSSR count). The first-order valence-corrected chi connectivity index (χ1v) is 6.21. The third-order valence-corrected chi connectivity index (χ3v) is 3.66. The maximum absolute atomic E-state index is 11.4. The zero-order valence-electron chi connectivity index (χ0n) is 9.70. The molecule has 4 aromatic rings. The van der Waals surface area contributed by atoms with Gasteiger partial charge < -0.3 is 9.97 Å². The van der Waals surface area contributed by atoms with Crippen molar-refractivity contribution in [1.82, 2.24) is 15.0 Å². The standard InChI is InChI=1S/C14H8ClN3O/c15-12-7-3-1-2-4-8(7)16-9-5-6-10-13(11(9)12)18-14(19)17-10/h1-6H,(H2,17,18,19). The van der Waals surface area contributed by atoms with E-state index < -0.39 is 0 Å². The number of nitrogens with zero attached hydrogens (tertiary/aromatic N) is 1. The number of fused-ring (bicyclic) bond motifs is 4. The molecule has 0 aliphatic rings. The average molecular weight is 270 g/mol. The second-order valence-electron chi connectivity index (χ2n) is 4.40. The monoisotopic (exact) mass is 269 g/mol.